The largest absolute Gasteiger partial charge is 0.465 e. The Morgan fingerprint density at radius 2 is 2.08 bits per heavy atom. The summed E-state index contributed by atoms with van der Waals surface area (Å²) in [6.45, 7) is 6.97. The Balaban J connectivity index is 3.77. The van der Waals surface area contributed by atoms with Gasteiger partial charge in [-0.2, -0.15) is 0 Å². The first kappa shape index (κ1) is 12.4. The van der Waals surface area contributed by atoms with Crippen LogP contribution in [0.4, 0.5) is 0 Å². The zero-order valence-electron chi connectivity index (χ0n) is 8.88. The molecule has 13 heavy (non-hydrogen) atoms. The fourth-order valence-corrected chi connectivity index (χ4v) is 1.05. The molecule has 0 heterocycles. The molecule has 0 aliphatic heterocycles. The predicted molar refractivity (Wildman–Crippen MR) is 53.2 cm³/mol. The van der Waals surface area contributed by atoms with E-state index in [0.717, 1.165) is 12.8 Å². The zero-order chi connectivity index (χ0) is 10.3. The number of hydrogen-bond acceptors (Lipinski definition) is 3. The molecule has 0 aliphatic carbocycles. The maximum absolute atomic E-state index is 11.4. The smallest absolute Gasteiger partial charge is 0.310 e. The molecule has 1 atom stereocenters. The third-order valence-electron chi connectivity index (χ3n) is 1.81. The van der Waals surface area contributed by atoms with Crippen molar-refractivity contribution in [1.29, 1.82) is 0 Å². The van der Waals surface area contributed by atoms with E-state index in [0.29, 0.717) is 19.1 Å². The van der Waals surface area contributed by atoms with Crippen molar-refractivity contribution in [2.45, 2.75) is 33.6 Å². The summed E-state index contributed by atoms with van der Waals surface area (Å²) in [5.74, 6) is 0.144. The SMILES string of the molecule is CCCC(CN)C(=O)OCC(C)C. The second-order valence-electron chi connectivity index (χ2n) is 3.75. The summed E-state index contributed by atoms with van der Waals surface area (Å²) in [5.41, 5.74) is 5.47. The highest BCUT2D eigenvalue weighted by Crippen LogP contribution is 2.07. The minimum absolute atomic E-state index is 0.108. The van der Waals surface area contributed by atoms with Crippen molar-refractivity contribution in [1.82, 2.24) is 0 Å². The molecule has 0 spiro atoms. The van der Waals surface area contributed by atoms with Gasteiger partial charge in [-0.15, -0.1) is 0 Å². The highest BCUT2D eigenvalue weighted by Gasteiger charge is 2.17. The number of carbonyl (C=O) groups excluding carboxylic acids is 1. The lowest BCUT2D eigenvalue weighted by Crippen LogP contribution is -2.26. The van der Waals surface area contributed by atoms with Crippen molar-refractivity contribution in [3.8, 4) is 0 Å². The number of nitrogens with two attached hydrogens (primary N) is 1. The van der Waals surface area contributed by atoms with Crippen molar-refractivity contribution in [3.05, 3.63) is 0 Å². The lowest BCUT2D eigenvalue weighted by atomic mass is 10.0. The van der Waals surface area contributed by atoms with E-state index in [1.165, 1.54) is 0 Å². The Kier molecular flexibility index (Phi) is 6.59. The second kappa shape index (κ2) is 6.89. The van der Waals surface area contributed by atoms with E-state index < -0.39 is 0 Å². The first-order chi connectivity index (χ1) is 6.11. The van der Waals surface area contributed by atoms with Crippen LogP contribution in [-0.4, -0.2) is 19.1 Å². The van der Waals surface area contributed by atoms with Gasteiger partial charge in [0.15, 0.2) is 0 Å². The minimum atomic E-state index is -0.141. The molecule has 0 aromatic carbocycles. The maximum atomic E-state index is 11.4. The molecule has 0 saturated heterocycles. The molecule has 3 heteroatoms. The maximum Gasteiger partial charge on any atom is 0.310 e. The average molecular weight is 187 g/mol. The molecule has 0 amide bonds. The summed E-state index contributed by atoms with van der Waals surface area (Å²) in [6.07, 6.45) is 1.80. The third-order valence-corrected chi connectivity index (χ3v) is 1.81. The second-order valence-corrected chi connectivity index (χ2v) is 3.75. The van der Waals surface area contributed by atoms with Crippen LogP contribution in [0.3, 0.4) is 0 Å². The van der Waals surface area contributed by atoms with Crippen molar-refractivity contribution in [2.75, 3.05) is 13.2 Å². The quantitative estimate of drug-likeness (QED) is 0.642. The average Bonchev–Trinajstić information content (AvgIpc) is 2.10. The molecule has 1 unspecified atom stereocenters. The van der Waals surface area contributed by atoms with Crippen LogP contribution in [0.15, 0.2) is 0 Å². The third kappa shape index (κ3) is 5.64. The Morgan fingerprint density at radius 1 is 1.46 bits per heavy atom. The summed E-state index contributed by atoms with van der Waals surface area (Å²) in [4.78, 5) is 11.4. The predicted octanol–water partition coefficient (Wildman–Crippen LogP) is 1.56. The summed E-state index contributed by atoms with van der Waals surface area (Å²) < 4.78 is 5.09. The summed E-state index contributed by atoms with van der Waals surface area (Å²) in [6, 6.07) is 0. The summed E-state index contributed by atoms with van der Waals surface area (Å²) >= 11 is 0. The highest BCUT2D eigenvalue weighted by atomic mass is 16.5. The number of hydrogen-bond donors (Lipinski definition) is 1. The van der Waals surface area contributed by atoms with Crippen LogP contribution in [0.1, 0.15) is 33.6 Å². The van der Waals surface area contributed by atoms with Gasteiger partial charge in [-0.05, 0) is 12.3 Å². The molecular weight excluding hydrogens is 166 g/mol. The van der Waals surface area contributed by atoms with Crippen molar-refractivity contribution < 1.29 is 9.53 Å². The normalized spacial score (nSPS) is 13.0. The Labute approximate surface area is 80.6 Å². The van der Waals surface area contributed by atoms with Crippen LogP contribution in [0.5, 0.6) is 0 Å². The number of carbonyl (C=O) groups is 1. The molecule has 0 saturated carbocycles. The van der Waals surface area contributed by atoms with Gasteiger partial charge in [0.1, 0.15) is 0 Å². The van der Waals surface area contributed by atoms with E-state index >= 15 is 0 Å². The van der Waals surface area contributed by atoms with Crippen LogP contribution in [0.25, 0.3) is 0 Å². The molecule has 0 aromatic rings. The Bertz CT molecular complexity index is 146. The van der Waals surface area contributed by atoms with Gasteiger partial charge in [0.25, 0.3) is 0 Å². The van der Waals surface area contributed by atoms with E-state index in [1.807, 2.05) is 20.8 Å². The van der Waals surface area contributed by atoms with Crippen molar-refractivity contribution in [3.63, 3.8) is 0 Å². The van der Waals surface area contributed by atoms with Gasteiger partial charge in [-0.1, -0.05) is 27.2 Å². The molecule has 0 radical (unpaired) electrons. The zero-order valence-corrected chi connectivity index (χ0v) is 8.88. The lowest BCUT2D eigenvalue weighted by molar-refractivity contribution is -0.149. The van der Waals surface area contributed by atoms with Gasteiger partial charge < -0.3 is 10.5 Å². The molecule has 3 nitrogen and oxygen atoms in total. The summed E-state index contributed by atoms with van der Waals surface area (Å²) in [7, 11) is 0. The lowest BCUT2D eigenvalue weighted by Gasteiger charge is -2.13. The van der Waals surface area contributed by atoms with Gasteiger partial charge in [0.2, 0.25) is 0 Å². The fourth-order valence-electron chi connectivity index (χ4n) is 1.05. The molecule has 0 aliphatic rings. The standard InChI is InChI=1S/C10H21NO2/c1-4-5-9(6-11)10(12)13-7-8(2)3/h8-9H,4-7,11H2,1-3H3. The van der Waals surface area contributed by atoms with Crippen LogP contribution in [0, 0.1) is 11.8 Å². The first-order valence-corrected chi connectivity index (χ1v) is 4.98. The summed E-state index contributed by atoms with van der Waals surface area (Å²) in [5, 5.41) is 0. The van der Waals surface area contributed by atoms with E-state index in [4.69, 9.17) is 10.5 Å². The van der Waals surface area contributed by atoms with E-state index in [2.05, 4.69) is 0 Å². The first-order valence-electron chi connectivity index (χ1n) is 4.98. The van der Waals surface area contributed by atoms with Crippen LogP contribution < -0.4 is 5.73 Å². The highest BCUT2D eigenvalue weighted by molar-refractivity contribution is 5.72. The van der Waals surface area contributed by atoms with Gasteiger partial charge in [-0.3, -0.25) is 4.79 Å². The van der Waals surface area contributed by atoms with Gasteiger partial charge in [-0.25, -0.2) is 0 Å². The molecule has 0 rings (SSSR count). The van der Waals surface area contributed by atoms with Gasteiger partial charge in [0.05, 0.1) is 12.5 Å². The molecule has 0 fully saturated rings. The Morgan fingerprint density at radius 3 is 2.46 bits per heavy atom. The van der Waals surface area contributed by atoms with Gasteiger partial charge in [0, 0.05) is 6.54 Å². The molecule has 78 valence electrons. The Hall–Kier alpha value is -0.570. The van der Waals surface area contributed by atoms with Crippen molar-refractivity contribution in [2.24, 2.45) is 17.6 Å². The monoisotopic (exact) mass is 187 g/mol. The molecule has 2 N–H and O–H groups in total. The molecule has 0 aromatic heterocycles. The van der Waals surface area contributed by atoms with Crippen molar-refractivity contribution >= 4 is 5.97 Å². The minimum Gasteiger partial charge on any atom is -0.465 e. The number of esters is 1. The van der Waals surface area contributed by atoms with E-state index in [9.17, 15) is 4.79 Å². The van der Waals surface area contributed by atoms with Crippen LogP contribution in [-0.2, 0) is 9.53 Å². The van der Waals surface area contributed by atoms with Crippen LogP contribution in [0.2, 0.25) is 0 Å². The number of rotatable bonds is 6. The van der Waals surface area contributed by atoms with E-state index in [-0.39, 0.29) is 11.9 Å². The van der Waals surface area contributed by atoms with Crippen LogP contribution >= 0.6 is 0 Å². The number of ether oxygens (including phenoxy) is 1. The fraction of sp³-hybridized carbons (Fsp3) is 0.900. The van der Waals surface area contributed by atoms with E-state index in [1.54, 1.807) is 0 Å². The van der Waals surface area contributed by atoms with Gasteiger partial charge >= 0.3 is 5.97 Å². The molecular formula is C10H21NO2. The topological polar surface area (TPSA) is 52.3 Å². The molecule has 0 bridgehead atoms.